The Kier molecular flexibility index (Phi) is 9.44. The normalized spacial score (nSPS) is 11.2. The van der Waals surface area contributed by atoms with E-state index in [-0.39, 0.29) is 12.6 Å². The van der Waals surface area contributed by atoms with Crippen LogP contribution in [0.4, 0.5) is 0 Å². The molecule has 0 spiro atoms. The van der Waals surface area contributed by atoms with Gasteiger partial charge >= 0.3 is 5.97 Å². The predicted molar refractivity (Wildman–Crippen MR) is 69.7 cm³/mol. The van der Waals surface area contributed by atoms with E-state index in [1.807, 2.05) is 6.92 Å². The first-order valence-corrected chi connectivity index (χ1v) is 6.14. The topological polar surface area (TPSA) is 46.5 Å². The zero-order chi connectivity index (χ0) is 13.1. The zero-order valence-corrected chi connectivity index (χ0v) is 11.2. The van der Waals surface area contributed by atoms with Crippen LogP contribution < -0.4 is 0 Å². The van der Waals surface area contributed by atoms with Gasteiger partial charge in [0, 0.05) is 12.7 Å². The van der Waals surface area contributed by atoms with E-state index < -0.39 is 0 Å². The highest BCUT2D eigenvalue weighted by molar-refractivity contribution is 5.82. The standard InChI is InChI=1S/C14H24O3/c1-12(2)7-6-8-13(3)11-14(16)17-10-5-4-9-15/h7,11,15H,4-6,8-10H2,1-3H3/b13-11+. The maximum Gasteiger partial charge on any atom is 0.330 e. The second kappa shape index (κ2) is 10.1. The Morgan fingerprint density at radius 2 is 1.94 bits per heavy atom. The first-order valence-electron chi connectivity index (χ1n) is 6.14. The minimum absolute atomic E-state index is 0.148. The van der Waals surface area contributed by atoms with Crippen molar-refractivity contribution in [3.63, 3.8) is 0 Å². The van der Waals surface area contributed by atoms with Crippen molar-refractivity contribution in [2.24, 2.45) is 0 Å². The smallest absolute Gasteiger partial charge is 0.330 e. The van der Waals surface area contributed by atoms with Crippen LogP contribution in [0, 0.1) is 0 Å². The number of ether oxygens (including phenoxy) is 1. The summed E-state index contributed by atoms with van der Waals surface area (Å²) in [6, 6.07) is 0. The minimum Gasteiger partial charge on any atom is -0.463 e. The third-order valence-electron chi connectivity index (χ3n) is 2.25. The summed E-state index contributed by atoms with van der Waals surface area (Å²) >= 11 is 0. The fourth-order valence-corrected chi connectivity index (χ4v) is 1.29. The average Bonchev–Trinajstić information content (AvgIpc) is 2.23. The molecular formula is C14H24O3. The van der Waals surface area contributed by atoms with Gasteiger partial charge in [0.1, 0.15) is 0 Å². The highest BCUT2D eigenvalue weighted by atomic mass is 16.5. The molecule has 0 aliphatic rings. The summed E-state index contributed by atoms with van der Waals surface area (Å²) in [4.78, 5) is 11.3. The highest BCUT2D eigenvalue weighted by Gasteiger charge is 1.99. The molecule has 3 heteroatoms. The molecule has 17 heavy (non-hydrogen) atoms. The number of aliphatic hydroxyl groups excluding tert-OH is 1. The van der Waals surface area contributed by atoms with Gasteiger partial charge in [-0.3, -0.25) is 0 Å². The van der Waals surface area contributed by atoms with Crippen molar-refractivity contribution < 1.29 is 14.6 Å². The van der Waals surface area contributed by atoms with E-state index in [0.717, 1.165) is 18.4 Å². The molecule has 98 valence electrons. The first kappa shape index (κ1) is 15.9. The number of aliphatic hydroxyl groups is 1. The van der Waals surface area contributed by atoms with Crippen molar-refractivity contribution in [2.75, 3.05) is 13.2 Å². The molecular weight excluding hydrogens is 216 g/mol. The van der Waals surface area contributed by atoms with E-state index in [9.17, 15) is 4.79 Å². The molecule has 0 aromatic heterocycles. The van der Waals surface area contributed by atoms with Gasteiger partial charge in [-0.1, -0.05) is 17.2 Å². The Hall–Kier alpha value is -1.09. The van der Waals surface area contributed by atoms with Crippen LogP contribution in [0.1, 0.15) is 46.5 Å². The lowest BCUT2D eigenvalue weighted by Crippen LogP contribution is -2.03. The fraction of sp³-hybridized carbons (Fsp3) is 0.643. The molecule has 0 fully saturated rings. The molecule has 0 radical (unpaired) electrons. The number of unbranched alkanes of at least 4 members (excludes halogenated alkanes) is 1. The Balaban J connectivity index is 3.78. The summed E-state index contributed by atoms with van der Waals surface area (Å²) in [5, 5.41) is 8.56. The Morgan fingerprint density at radius 1 is 1.24 bits per heavy atom. The Morgan fingerprint density at radius 3 is 2.53 bits per heavy atom. The van der Waals surface area contributed by atoms with Crippen molar-refractivity contribution in [3.05, 3.63) is 23.3 Å². The summed E-state index contributed by atoms with van der Waals surface area (Å²) in [5.74, 6) is -0.280. The van der Waals surface area contributed by atoms with Gasteiger partial charge in [-0.25, -0.2) is 4.79 Å². The van der Waals surface area contributed by atoms with E-state index in [4.69, 9.17) is 9.84 Å². The summed E-state index contributed by atoms with van der Waals surface area (Å²) in [6.45, 7) is 6.60. The molecule has 0 aliphatic heterocycles. The maximum atomic E-state index is 11.3. The van der Waals surface area contributed by atoms with Crippen molar-refractivity contribution in [3.8, 4) is 0 Å². The van der Waals surface area contributed by atoms with Gasteiger partial charge in [-0.05, 0) is 46.5 Å². The van der Waals surface area contributed by atoms with Crippen molar-refractivity contribution >= 4 is 5.97 Å². The SMILES string of the molecule is CC(C)=CCC/C(C)=C/C(=O)OCCCCO. The van der Waals surface area contributed by atoms with Crippen LogP contribution in [0.2, 0.25) is 0 Å². The number of hydrogen-bond acceptors (Lipinski definition) is 3. The predicted octanol–water partition coefficient (Wildman–Crippen LogP) is 2.99. The molecule has 0 aromatic rings. The summed E-state index contributed by atoms with van der Waals surface area (Å²) in [6.07, 6.45) is 6.95. The van der Waals surface area contributed by atoms with E-state index >= 15 is 0 Å². The molecule has 0 saturated heterocycles. The van der Waals surface area contributed by atoms with Gasteiger partial charge in [0.25, 0.3) is 0 Å². The molecule has 0 amide bonds. The molecule has 3 nitrogen and oxygen atoms in total. The van der Waals surface area contributed by atoms with Crippen LogP contribution in [0.15, 0.2) is 23.3 Å². The van der Waals surface area contributed by atoms with Gasteiger partial charge in [0.05, 0.1) is 6.61 Å². The quantitative estimate of drug-likeness (QED) is 0.307. The fourth-order valence-electron chi connectivity index (χ4n) is 1.29. The monoisotopic (exact) mass is 240 g/mol. The van der Waals surface area contributed by atoms with Gasteiger partial charge in [0.15, 0.2) is 0 Å². The van der Waals surface area contributed by atoms with Crippen molar-refractivity contribution in [1.82, 2.24) is 0 Å². The summed E-state index contributed by atoms with van der Waals surface area (Å²) in [7, 11) is 0. The van der Waals surface area contributed by atoms with Gasteiger partial charge in [-0.2, -0.15) is 0 Å². The van der Waals surface area contributed by atoms with E-state index in [2.05, 4.69) is 19.9 Å². The van der Waals surface area contributed by atoms with Crippen LogP contribution in [-0.4, -0.2) is 24.3 Å². The third kappa shape index (κ3) is 11.2. The van der Waals surface area contributed by atoms with Gasteiger partial charge in [0.2, 0.25) is 0 Å². The molecule has 0 saturated carbocycles. The Bertz CT molecular complexity index is 273. The molecule has 0 unspecified atom stereocenters. The van der Waals surface area contributed by atoms with Crippen LogP contribution in [-0.2, 0) is 9.53 Å². The lowest BCUT2D eigenvalue weighted by Gasteiger charge is -2.02. The van der Waals surface area contributed by atoms with Crippen LogP contribution in [0.25, 0.3) is 0 Å². The minimum atomic E-state index is -0.280. The molecule has 0 atom stereocenters. The highest BCUT2D eigenvalue weighted by Crippen LogP contribution is 2.06. The average molecular weight is 240 g/mol. The molecule has 0 aliphatic carbocycles. The van der Waals surface area contributed by atoms with Crippen molar-refractivity contribution in [2.45, 2.75) is 46.5 Å². The van der Waals surface area contributed by atoms with E-state index in [0.29, 0.717) is 19.4 Å². The molecule has 0 bridgehead atoms. The zero-order valence-electron chi connectivity index (χ0n) is 11.2. The summed E-state index contributed by atoms with van der Waals surface area (Å²) in [5.41, 5.74) is 2.33. The molecule has 0 rings (SSSR count). The van der Waals surface area contributed by atoms with Crippen LogP contribution in [0.3, 0.4) is 0 Å². The van der Waals surface area contributed by atoms with Crippen LogP contribution in [0.5, 0.6) is 0 Å². The largest absolute Gasteiger partial charge is 0.463 e. The Labute approximate surface area is 104 Å². The first-order chi connectivity index (χ1) is 8.06. The van der Waals surface area contributed by atoms with Gasteiger partial charge in [-0.15, -0.1) is 0 Å². The number of carbonyl (C=O) groups is 1. The molecule has 0 heterocycles. The molecule has 0 aromatic carbocycles. The second-order valence-corrected chi connectivity index (χ2v) is 4.41. The van der Waals surface area contributed by atoms with Crippen LogP contribution >= 0.6 is 0 Å². The number of carbonyl (C=O) groups excluding carboxylic acids is 1. The summed E-state index contributed by atoms with van der Waals surface area (Å²) < 4.78 is 5.00. The number of esters is 1. The number of allylic oxidation sites excluding steroid dienone is 3. The van der Waals surface area contributed by atoms with Gasteiger partial charge < -0.3 is 9.84 Å². The number of rotatable bonds is 8. The lowest BCUT2D eigenvalue weighted by molar-refractivity contribution is -0.138. The van der Waals surface area contributed by atoms with E-state index in [1.54, 1.807) is 6.08 Å². The molecule has 1 N–H and O–H groups in total. The maximum absolute atomic E-state index is 11.3. The third-order valence-corrected chi connectivity index (χ3v) is 2.25. The number of hydrogen-bond donors (Lipinski definition) is 1. The van der Waals surface area contributed by atoms with Crippen molar-refractivity contribution in [1.29, 1.82) is 0 Å². The van der Waals surface area contributed by atoms with E-state index in [1.165, 1.54) is 5.57 Å². The second-order valence-electron chi connectivity index (χ2n) is 4.41. The lowest BCUT2D eigenvalue weighted by atomic mass is 10.1.